The first-order chi connectivity index (χ1) is 7.57. The van der Waals surface area contributed by atoms with Crippen LogP contribution in [0.15, 0.2) is 6.07 Å². The van der Waals surface area contributed by atoms with Crippen molar-refractivity contribution in [2.75, 3.05) is 12.4 Å². The lowest BCUT2D eigenvalue weighted by atomic mass is 10.3. The number of halogens is 4. The Morgan fingerprint density at radius 3 is 2.06 bits per heavy atom. The summed E-state index contributed by atoms with van der Waals surface area (Å²) in [7, 11) is 0. The summed E-state index contributed by atoms with van der Waals surface area (Å²) >= 11 is 3.93. The summed E-state index contributed by atoms with van der Waals surface area (Å²) in [6.07, 6.45) is 1.19. The quantitative estimate of drug-likeness (QED) is 0.367. The average Bonchev–Trinajstić information content (AvgIpc) is 2.25. The van der Waals surface area contributed by atoms with Gasteiger partial charge < -0.3 is 4.74 Å². The molecule has 0 aliphatic rings. The van der Waals surface area contributed by atoms with E-state index in [1.54, 1.807) is 0 Å². The van der Waals surface area contributed by atoms with Crippen LogP contribution in [0.2, 0.25) is 0 Å². The molecule has 0 bridgehead atoms. The lowest BCUT2D eigenvalue weighted by Gasteiger charge is -2.08. The van der Waals surface area contributed by atoms with E-state index in [1.165, 1.54) is 0 Å². The number of rotatable bonds is 5. The largest absolute Gasteiger partial charge is 0.487 e. The molecule has 16 heavy (non-hydrogen) atoms. The molecule has 0 N–H and O–H groups in total. The number of hydrogen-bond acceptors (Lipinski definition) is 2. The fourth-order valence-corrected chi connectivity index (χ4v) is 1.29. The third kappa shape index (κ3) is 3.04. The summed E-state index contributed by atoms with van der Waals surface area (Å²) in [6, 6.07) is 0.144. The first-order valence-corrected chi connectivity index (χ1v) is 5.27. The van der Waals surface area contributed by atoms with E-state index in [2.05, 4.69) is 17.4 Å². The van der Waals surface area contributed by atoms with Crippen molar-refractivity contribution in [3.8, 4) is 5.75 Å². The van der Waals surface area contributed by atoms with E-state index in [9.17, 15) is 17.6 Å². The van der Waals surface area contributed by atoms with Crippen LogP contribution in [-0.2, 0) is 0 Å². The zero-order valence-electron chi connectivity index (χ0n) is 8.27. The van der Waals surface area contributed by atoms with Gasteiger partial charge in [-0.2, -0.15) is 21.4 Å². The van der Waals surface area contributed by atoms with Crippen molar-refractivity contribution in [1.29, 1.82) is 0 Å². The molecule has 0 heterocycles. The Hall–Kier alpha value is -0.910. The van der Waals surface area contributed by atoms with Crippen molar-refractivity contribution < 1.29 is 22.3 Å². The monoisotopic (exact) mass is 254 g/mol. The fraction of sp³-hybridized carbons (Fsp3) is 0.400. The van der Waals surface area contributed by atoms with E-state index in [1.807, 2.05) is 0 Å². The van der Waals surface area contributed by atoms with Gasteiger partial charge in [0.15, 0.2) is 17.4 Å². The molecular weight excluding hydrogens is 244 g/mol. The van der Waals surface area contributed by atoms with E-state index in [0.717, 1.165) is 0 Å². The molecule has 90 valence electrons. The maximum atomic E-state index is 13.0. The number of ether oxygens (including phenoxy) is 1. The van der Waals surface area contributed by atoms with Gasteiger partial charge in [-0.05, 0) is 18.6 Å². The highest BCUT2D eigenvalue weighted by Gasteiger charge is 2.20. The second kappa shape index (κ2) is 5.98. The SMILES string of the molecule is Fc1cc(F)c(F)c(OCCCCS)c1F. The fourth-order valence-electron chi connectivity index (χ4n) is 1.07. The van der Waals surface area contributed by atoms with Gasteiger partial charge in [-0.1, -0.05) is 0 Å². The maximum absolute atomic E-state index is 13.0. The Morgan fingerprint density at radius 2 is 1.56 bits per heavy atom. The van der Waals surface area contributed by atoms with E-state index in [4.69, 9.17) is 0 Å². The topological polar surface area (TPSA) is 9.23 Å². The molecule has 0 saturated heterocycles. The van der Waals surface area contributed by atoms with Crippen molar-refractivity contribution in [2.45, 2.75) is 12.8 Å². The first kappa shape index (κ1) is 13.2. The zero-order chi connectivity index (χ0) is 12.1. The molecule has 0 aliphatic carbocycles. The van der Waals surface area contributed by atoms with E-state index >= 15 is 0 Å². The van der Waals surface area contributed by atoms with Crippen LogP contribution in [0.1, 0.15) is 12.8 Å². The van der Waals surface area contributed by atoms with Crippen LogP contribution in [0.3, 0.4) is 0 Å². The van der Waals surface area contributed by atoms with Crippen LogP contribution in [0, 0.1) is 23.3 Å². The first-order valence-electron chi connectivity index (χ1n) is 4.64. The van der Waals surface area contributed by atoms with Gasteiger partial charge in [0.05, 0.1) is 6.61 Å². The molecule has 0 fully saturated rings. The Kier molecular flexibility index (Phi) is 4.92. The summed E-state index contributed by atoms with van der Waals surface area (Å²) in [5.74, 6) is -6.36. The molecule has 1 nitrogen and oxygen atoms in total. The predicted octanol–water partition coefficient (Wildman–Crippen LogP) is 3.33. The van der Waals surface area contributed by atoms with Gasteiger partial charge in [0.1, 0.15) is 0 Å². The van der Waals surface area contributed by atoms with Crippen molar-refractivity contribution in [2.24, 2.45) is 0 Å². The molecule has 0 unspecified atom stereocenters. The van der Waals surface area contributed by atoms with Crippen LogP contribution in [0.4, 0.5) is 17.6 Å². The highest BCUT2D eigenvalue weighted by molar-refractivity contribution is 7.80. The molecule has 0 saturated carbocycles. The molecule has 6 heteroatoms. The number of unbranched alkanes of at least 4 members (excludes halogenated alkanes) is 1. The van der Waals surface area contributed by atoms with Crippen LogP contribution < -0.4 is 4.74 Å². The van der Waals surface area contributed by atoms with E-state index < -0.39 is 29.0 Å². The Bertz CT molecular complexity index is 344. The third-order valence-electron chi connectivity index (χ3n) is 1.87. The van der Waals surface area contributed by atoms with E-state index in [-0.39, 0.29) is 12.7 Å². The highest BCUT2D eigenvalue weighted by atomic mass is 32.1. The van der Waals surface area contributed by atoms with Crippen molar-refractivity contribution in [3.63, 3.8) is 0 Å². The molecule has 0 spiro atoms. The van der Waals surface area contributed by atoms with Gasteiger partial charge in [-0.25, -0.2) is 8.78 Å². The molecule has 0 atom stereocenters. The minimum absolute atomic E-state index is 0.0166. The van der Waals surface area contributed by atoms with Gasteiger partial charge in [0.25, 0.3) is 0 Å². The van der Waals surface area contributed by atoms with Gasteiger partial charge >= 0.3 is 0 Å². The summed E-state index contributed by atoms with van der Waals surface area (Å²) in [6.45, 7) is -0.0166. The Morgan fingerprint density at radius 1 is 1.00 bits per heavy atom. The molecule has 0 radical (unpaired) electrons. The highest BCUT2D eigenvalue weighted by Crippen LogP contribution is 2.26. The summed E-state index contributed by atoms with van der Waals surface area (Å²) in [4.78, 5) is 0. The minimum atomic E-state index is -1.51. The summed E-state index contributed by atoms with van der Waals surface area (Å²) in [5.41, 5.74) is 0. The molecule has 0 amide bonds. The van der Waals surface area contributed by atoms with Crippen LogP contribution >= 0.6 is 12.6 Å². The molecule has 1 aromatic rings. The number of benzene rings is 1. The van der Waals surface area contributed by atoms with Crippen molar-refractivity contribution >= 4 is 12.6 Å². The third-order valence-corrected chi connectivity index (χ3v) is 2.19. The van der Waals surface area contributed by atoms with Crippen molar-refractivity contribution in [1.82, 2.24) is 0 Å². The standard InChI is InChI=1S/C10H10F4OS/c11-6-5-7(12)9(14)10(8(6)13)15-3-1-2-4-16/h5,16H,1-4H2. The Balaban J connectivity index is 2.78. The van der Waals surface area contributed by atoms with E-state index in [0.29, 0.717) is 18.6 Å². The summed E-state index contributed by atoms with van der Waals surface area (Å²) < 4.78 is 56.2. The van der Waals surface area contributed by atoms with Crippen LogP contribution in [-0.4, -0.2) is 12.4 Å². The molecular formula is C10H10F4OS. The second-order valence-electron chi connectivity index (χ2n) is 3.08. The minimum Gasteiger partial charge on any atom is -0.487 e. The van der Waals surface area contributed by atoms with Gasteiger partial charge in [-0.15, -0.1) is 0 Å². The zero-order valence-corrected chi connectivity index (χ0v) is 9.17. The lowest BCUT2D eigenvalue weighted by Crippen LogP contribution is -2.05. The van der Waals surface area contributed by atoms with Gasteiger partial charge in [0, 0.05) is 6.07 Å². The molecule has 1 aromatic carbocycles. The smallest absolute Gasteiger partial charge is 0.203 e. The lowest BCUT2D eigenvalue weighted by molar-refractivity contribution is 0.266. The molecule has 0 aliphatic heterocycles. The number of thiol groups is 1. The van der Waals surface area contributed by atoms with Gasteiger partial charge in [0.2, 0.25) is 11.6 Å². The normalized spacial score (nSPS) is 10.6. The second-order valence-corrected chi connectivity index (χ2v) is 3.52. The predicted molar refractivity (Wildman–Crippen MR) is 54.9 cm³/mol. The van der Waals surface area contributed by atoms with Gasteiger partial charge in [-0.3, -0.25) is 0 Å². The maximum Gasteiger partial charge on any atom is 0.203 e. The Labute approximate surface area is 95.8 Å². The van der Waals surface area contributed by atoms with Crippen LogP contribution in [0.5, 0.6) is 5.75 Å². The molecule has 1 rings (SSSR count). The average molecular weight is 254 g/mol. The van der Waals surface area contributed by atoms with Crippen molar-refractivity contribution in [3.05, 3.63) is 29.3 Å². The number of hydrogen-bond donors (Lipinski definition) is 1. The van der Waals surface area contributed by atoms with Crippen LogP contribution in [0.25, 0.3) is 0 Å². The molecule has 0 aromatic heterocycles. The summed E-state index contributed by atoms with van der Waals surface area (Å²) in [5, 5.41) is 0.